The van der Waals surface area contributed by atoms with Crippen LogP contribution in [0.4, 0.5) is 0 Å². The first-order chi connectivity index (χ1) is 6.18. The van der Waals surface area contributed by atoms with Crippen LogP contribution in [-0.2, 0) is 4.79 Å². The average molecular weight is 297 g/mol. The van der Waals surface area contributed by atoms with Gasteiger partial charge in [-0.1, -0.05) is 60.3 Å². The molecule has 14 heavy (non-hydrogen) atoms. The number of alkyl halides is 4. The van der Waals surface area contributed by atoms with Crippen LogP contribution in [0.1, 0.15) is 13.8 Å². The Morgan fingerprint density at radius 2 is 1.86 bits per heavy atom. The number of carbonyl (C=O) groups excluding carboxylic acids is 1. The van der Waals surface area contributed by atoms with E-state index >= 15 is 0 Å². The van der Waals surface area contributed by atoms with Crippen molar-refractivity contribution >= 4 is 64.3 Å². The van der Waals surface area contributed by atoms with E-state index in [1.807, 2.05) is 13.8 Å². The molecule has 0 atom stereocenters. The Bertz CT molecular complexity index is 256. The molecule has 82 valence electrons. The second-order valence-electron chi connectivity index (χ2n) is 3.44. The van der Waals surface area contributed by atoms with Gasteiger partial charge in [-0.15, -0.1) is 0 Å². The van der Waals surface area contributed by atoms with Gasteiger partial charge in [0.15, 0.2) is 0 Å². The number of hydrogen-bond donors (Lipinski definition) is 0. The lowest BCUT2D eigenvalue weighted by atomic mass is 10.2. The molecule has 1 rings (SSSR count). The summed E-state index contributed by atoms with van der Waals surface area (Å²) in [6.07, 6.45) is 0. The SMILES string of the molecule is CC(C)CN1SC(Cl)(Cl)C(Cl)(Cl)C1=O. The molecule has 1 amide bonds. The van der Waals surface area contributed by atoms with E-state index in [4.69, 9.17) is 46.4 Å². The van der Waals surface area contributed by atoms with E-state index in [2.05, 4.69) is 0 Å². The lowest BCUT2D eigenvalue weighted by molar-refractivity contribution is -0.125. The molecule has 1 saturated heterocycles. The molecule has 1 aliphatic heterocycles. The predicted molar refractivity (Wildman–Crippen MR) is 63.0 cm³/mol. The average Bonchev–Trinajstić information content (AvgIpc) is 2.11. The van der Waals surface area contributed by atoms with E-state index in [0.717, 1.165) is 11.9 Å². The fraction of sp³-hybridized carbons (Fsp3) is 0.857. The van der Waals surface area contributed by atoms with Crippen molar-refractivity contribution in [2.45, 2.75) is 21.8 Å². The summed E-state index contributed by atoms with van der Waals surface area (Å²) < 4.78 is -1.87. The molecule has 0 saturated carbocycles. The van der Waals surface area contributed by atoms with Crippen LogP contribution in [0.3, 0.4) is 0 Å². The fourth-order valence-corrected chi connectivity index (χ4v) is 3.21. The van der Waals surface area contributed by atoms with Crippen LogP contribution >= 0.6 is 58.4 Å². The van der Waals surface area contributed by atoms with E-state index < -0.39 is 13.9 Å². The van der Waals surface area contributed by atoms with Crippen LogP contribution in [0.25, 0.3) is 0 Å². The van der Waals surface area contributed by atoms with Gasteiger partial charge >= 0.3 is 0 Å². The summed E-state index contributed by atoms with van der Waals surface area (Å²) in [6, 6.07) is 0. The lowest BCUT2D eigenvalue weighted by Crippen LogP contribution is -2.38. The van der Waals surface area contributed by atoms with Gasteiger partial charge in [0.05, 0.1) is 0 Å². The topological polar surface area (TPSA) is 20.3 Å². The van der Waals surface area contributed by atoms with Crippen molar-refractivity contribution in [2.24, 2.45) is 5.92 Å². The van der Waals surface area contributed by atoms with Crippen molar-refractivity contribution in [3.63, 3.8) is 0 Å². The summed E-state index contributed by atoms with van der Waals surface area (Å²) in [5, 5.41) is 0. The lowest BCUT2D eigenvalue weighted by Gasteiger charge is -2.18. The predicted octanol–water partition coefficient (Wildman–Crippen LogP) is 3.44. The molecule has 0 aliphatic carbocycles. The third kappa shape index (κ3) is 2.22. The van der Waals surface area contributed by atoms with E-state index in [0.29, 0.717) is 12.5 Å². The van der Waals surface area contributed by atoms with Gasteiger partial charge in [0.2, 0.25) is 8.00 Å². The van der Waals surface area contributed by atoms with Crippen LogP contribution < -0.4 is 0 Å². The normalized spacial score (nSPS) is 24.8. The van der Waals surface area contributed by atoms with Crippen molar-refractivity contribution in [2.75, 3.05) is 6.54 Å². The Hall–Kier alpha value is 0.980. The quantitative estimate of drug-likeness (QED) is 0.575. The van der Waals surface area contributed by atoms with Gasteiger partial charge < -0.3 is 0 Å². The molecular weight excluding hydrogens is 288 g/mol. The van der Waals surface area contributed by atoms with Crippen molar-refractivity contribution in [3.05, 3.63) is 0 Å². The summed E-state index contributed by atoms with van der Waals surface area (Å²) in [7, 11) is 0. The first kappa shape index (κ1) is 13.0. The third-order valence-electron chi connectivity index (χ3n) is 1.62. The van der Waals surface area contributed by atoms with Gasteiger partial charge in [0, 0.05) is 6.54 Å². The molecule has 0 N–H and O–H groups in total. The standard InChI is InChI=1S/C7H9Cl4NOS/c1-4(2)3-12-5(13)6(8,9)7(10,11)14-12/h4H,3H2,1-2H3. The first-order valence-corrected chi connectivity index (χ1v) is 6.23. The summed E-state index contributed by atoms with van der Waals surface area (Å²) in [5.74, 6) is -0.151. The number of hydrogen-bond acceptors (Lipinski definition) is 2. The summed E-state index contributed by atoms with van der Waals surface area (Å²) >= 11 is 24.2. The third-order valence-corrected chi connectivity index (χ3v) is 5.17. The van der Waals surface area contributed by atoms with Gasteiger partial charge in [0.25, 0.3) is 5.91 Å². The Labute approximate surface area is 107 Å². The van der Waals surface area contributed by atoms with Crippen LogP contribution in [0, 0.1) is 5.92 Å². The summed E-state index contributed by atoms with van der Waals surface area (Å²) in [6.45, 7) is 4.47. The molecule has 0 spiro atoms. The maximum atomic E-state index is 11.7. The van der Waals surface area contributed by atoms with Crippen molar-refractivity contribution in [1.82, 2.24) is 4.31 Å². The molecule has 0 radical (unpaired) electrons. The van der Waals surface area contributed by atoms with Crippen molar-refractivity contribution in [1.29, 1.82) is 0 Å². The first-order valence-electron chi connectivity index (χ1n) is 3.95. The zero-order valence-corrected chi connectivity index (χ0v) is 11.4. The van der Waals surface area contributed by atoms with Crippen molar-refractivity contribution < 1.29 is 4.79 Å². The van der Waals surface area contributed by atoms with Crippen LogP contribution in [0.2, 0.25) is 0 Å². The molecule has 0 bridgehead atoms. The minimum atomic E-state index is -1.77. The fourth-order valence-electron chi connectivity index (χ4n) is 0.970. The zero-order chi connectivity index (χ0) is 11.1. The Morgan fingerprint density at radius 3 is 2.14 bits per heavy atom. The van der Waals surface area contributed by atoms with Crippen molar-refractivity contribution in [3.8, 4) is 0 Å². The van der Waals surface area contributed by atoms with Crippen LogP contribution in [0.5, 0.6) is 0 Å². The molecule has 1 fully saturated rings. The molecule has 2 nitrogen and oxygen atoms in total. The van der Waals surface area contributed by atoms with Gasteiger partial charge in [-0.2, -0.15) is 0 Å². The number of halogens is 4. The monoisotopic (exact) mass is 295 g/mol. The highest BCUT2D eigenvalue weighted by Gasteiger charge is 2.63. The number of rotatable bonds is 2. The van der Waals surface area contributed by atoms with E-state index in [1.54, 1.807) is 0 Å². The molecule has 7 heteroatoms. The number of amides is 1. The maximum absolute atomic E-state index is 11.7. The van der Waals surface area contributed by atoms with Gasteiger partial charge in [-0.25, -0.2) is 0 Å². The molecule has 1 heterocycles. The summed E-state index contributed by atoms with van der Waals surface area (Å²) in [5.41, 5.74) is 0. The molecule has 1 aliphatic rings. The minimum Gasteiger partial charge on any atom is -0.281 e. The highest BCUT2D eigenvalue weighted by atomic mass is 35.5. The minimum absolute atomic E-state index is 0.304. The summed E-state index contributed by atoms with van der Waals surface area (Å²) in [4.78, 5) is 11.7. The highest BCUT2D eigenvalue weighted by molar-refractivity contribution is 8.02. The smallest absolute Gasteiger partial charge is 0.273 e. The van der Waals surface area contributed by atoms with E-state index in [1.165, 1.54) is 4.31 Å². The highest BCUT2D eigenvalue weighted by Crippen LogP contribution is 2.58. The Kier molecular flexibility index (Phi) is 3.82. The van der Waals surface area contributed by atoms with Gasteiger partial charge in [-0.3, -0.25) is 9.10 Å². The number of carbonyl (C=O) groups is 1. The maximum Gasteiger partial charge on any atom is 0.273 e. The molecular formula is C7H9Cl4NOS. The second kappa shape index (κ2) is 4.10. The van der Waals surface area contributed by atoms with E-state index in [-0.39, 0.29) is 0 Å². The van der Waals surface area contributed by atoms with Crippen LogP contribution in [0.15, 0.2) is 0 Å². The Morgan fingerprint density at radius 1 is 1.36 bits per heavy atom. The van der Waals surface area contributed by atoms with Gasteiger partial charge in [0.1, 0.15) is 0 Å². The zero-order valence-electron chi connectivity index (χ0n) is 7.56. The molecule has 0 aromatic heterocycles. The Balaban J connectivity index is 2.84. The van der Waals surface area contributed by atoms with Crippen LogP contribution in [-0.4, -0.2) is 24.8 Å². The number of nitrogens with zero attached hydrogens (tertiary/aromatic N) is 1. The molecule has 0 unspecified atom stereocenters. The van der Waals surface area contributed by atoms with Gasteiger partial charge in [-0.05, 0) is 17.9 Å². The molecule has 0 aromatic rings. The van der Waals surface area contributed by atoms with E-state index in [9.17, 15) is 4.79 Å². The second-order valence-corrected chi connectivity index (χ2v) is 7.78. The largest absolute Gasteiger partial charge is 0.281 e. The molecule has 0 aromatic carbocycles.